The van der Waals surface area contributed by atoms with Gasteiger partial charge >= 0.3 is 6.03 Å². The summed E-state index contributed by atoms with van der Waals surface area (Å²) >= 11 is 0. The molecule has 1 atom stereocenters. The Balaban J connectivity index is 1.81. The lowest BCUT2D eigenvalue weighted by atomic mass is 10.1. The van der Waals surface area contributed by atoms with Crippen LogP contribution in [0.3, 0.4) is 0 Å². The van der Waals surface area contributed by atoms with Gasteiger partial charge in [0.1, 0.15) is 11.9 Å². The average molecular weight is 397 g/mol. The highest BCUT2D eigenvalue weighted by Gasteiger charge is 2.46. The molecule has 0 aromatic heterocycles. The number of amides is 4. The van der Waals surface area contributed by atoms with Gasteiger partial charge in [0.2, 0.25) is 5.91 Å². The van der Waals surface area contributed by atoms with Crippen LogP contribution in [-0.4, -0.2) is 35.3 Å². The average Bonchev–Trinajstić information content (AvgIpc) is 2.88. The van der Waals surface area contributed by atoms with Gasteiger partial charge in [-0.15, -0.1) is 0 Å². The summed E-state index contributed by atoms with van der Waals surface area (Å²) in [5.41, 5.74) is 1.93. The number of carbonyl (C=O) groups is 3. The summed E-state index contributed by atoms with van der Waals surface area (Å²) in [4.78, 5) is 41.1. The third-order valence-corrected chi connectivity index (χ3v) is 4.68. The van der Waals surface area contributed by atoms with Crippen LogP contribution >= 0.6 is 0 Å². The van der Waals surface area contributed by atoms with E-state index in [-0.39, 0.29) is 12.3 Å². The molecule has 4 amide bonds. The van der Waals surface area contributed by atoms with Crippen LogP contribution in [0, 0.1) is 18.7 Å². The Morgan fingerprint density at radius 2 is 1.69 bits per heavy atom. The smallest absolute Gasteiger partial charge is 0.326 e. The maximum absolute atomic E-state index is 13.1. The van der Waals surface area contributed by atoms with Crippen LogP contribution in [0.2, 0.25) is 0 Å². The summed E-state index contributed by atoms with van der Waals surface area (Å²) in [6, 6.07) is 11.2. The first-order valence-electron chi connectivity index (χ1n) is 9.53. The van der Waals surface area contributed by atoms with Gasteiger partial charge in [-0.1, -0.05) is 31.5 Å². The molecule has 0 aliphatic carbocycles. The lowest BCUT2D eigenvalue weighted by molar-refractivity contribution is -0.124. The van der Waals surface area contributed by atoms with E-state index in [1.807, 2.05) is 32.9 Å². The number of rotatable bonds is 6. The van der Waals surface area contributed by atoms with Crippen molar-refractivity contribution in [1.29, 1.82) is 0 Å². The molecule has 0 radical (unpaired) electrons. The Bertz CT molecular complexity index is 910. The normalized spacial score (nSPS) is 16.7. The quantitative estimate of drug-likeness (QED) is 0.750. The molecule has 2 aromatic rings. The number of nitrogens with zero attached hydrogens (tertiary/aromatic N) is 2. The SMILES string of the molecule is Cc1ccc(N2C(=O)[C@@H](CC(=O)Nc3ccc(F)cc3)N(CC(C)C)C2=O)cc1. The first kappa shape index (κ1) is 20.5. The molecule has 1 aliphatic heterocycles. The minimum absolute atomic E-state index is 0.132. The van der Waals surface area contributed by atoms with Crippen LogP contribution in [0.4, 0.5) is 20.6 Å². The second-order valence-corrected chi connectivity index (χ2v) is 7.61. The van der Waals surface area contributed by atoms with Crippen molar-refractivity contribution in [2.75, 3.05) is 16.8 Å². The van der Waals surface area contributed by atoms with Gasteiger partial charge in [0.15, 0.2) is 0 Å². The maximum Gasteiger partial charge on any atom is 0.332 e. The summed E-state index contributed by atoms with van der Waals surface area (Å²) in [5.74, 6) is -1.11. The van der Waals surface area contributed by atoms with Crippen molar-refractivity contribution in [3.05, 3.63) is 59.9 Å². The third-order valence-electron chi connectivity index (χ3n) is 4.68. The van der Waals surface area contributed by atoms with Gasteiger partial charge < -0.3 is 10.2 Å². The predicted octanol–water partition coefficient (Wildman–Crippen LogP) is 3.96. The molecule has 1 saturated heterocycles. The van der Waals surface area contributed by atoms with E-state index >= 15 is 0 Å². The Morgan fingerprint density at radius 3 is 2.28 bits per heavy atom. The highest BCUT2D eigenvalue weighted by atomic mass is 19.1. The molecular weight excluding hydrogens is 373 g/mol. The lowest BCUT2D eigenvalue weighted by Gasteiger charge is -2.23. The minimum atomic E-state index is -0.883. The summed E-state index contributed by atoms with van der Waals surface area (Å²) in [7, 11) is 0. The maximum atomic E-state index is 13.1. The molecule has 3 rings (SSSR count). The topological polar surface area (TPSA) is 69.7 Å². The van der Waals surface area contributed by atoms with E-state index in [4.69, 9.17) is 0 Å². The molecule has 0 unspecified atom stereocenters. The molecule has 29 heavy (non-hydrogen) atoms. The summed E-state index contributed by atoms with van der Waals surface area (Å²) < 4.78 is 13.0. The number of halogens is 1. The molecule has 1 heterocycles. The Labute approximate surface area is 169 Å². The van der Waals surface area contributed by atoms with E-state index in [0.717, 1.165) is 10.5 Å². The van der Waals surface area contributed by atoms with E-state index in [9.17, 15) is 18.8 Å². The van der Waals surface area contributed by atoms with Gasteiger partial charge in [-0.05, 0) is 49.2 Å². The molecule has 1 fully saturated rings. The Hall–Kier alpha value is -3.22. The molecule has 0 bridgehead atoms. The van der Waals surface area contributed by atoms with Gasteiger partial charge in [0, 0.05) is 12.2 Å². The fourth-order valence-corrected chi connectivity index (χ4v) is 3.29. The molecule has 7 heteroatoms. The largest absolute Gasteiger partial charge is 0.332 e. The van der Waals surface area contributed by atoms with E-state index in [0.29, 0.717) is 17.9 Å². The molecular formula is C22H24FN3O3. The van der Waals surface area contributed by atoms with Gasteiger partial charge in [-0.2, -0.15) is 0 Å². The zero-order chi connectivity index (χ0) is 21.1. The molecule has 0 spiro atoms. The minimum Gasteiger partial charge on any atom is -0.326 e. The Kier molecular flexibility index (Phi) is 5.96. The summed E-state index contributed by atoms with van der Waals surface area (Å²) in [6.45, 7) is 6.18. The molecule has 0 saturated carbocycles. The first-order chi connectivity index (χ1) is 13.8. The van der Waals surface area contributed by atoms with Crippen LogP contribution in [0.1, 0.15) is 25.8 Å². The van der Waals surface area contributed by atoms with Crippen molar-refractivity contribution in [1.82, 2.24) is 4.90 Å². The Morgan fingerprint density at radius 1 is 1.07 bits per heavy atom. The van der Waals surface area contributed by atoms with Crippen molar-refractivity contribution in [2.45, 2.75) is 33.2 Å². The highest BCUT2D eigenvalue weighted by Crippen LogP contribution is 2.28. The standard InChI is InChI=1S/C22H24FN3O3/c1-14(2)13-25-19(12-20(27)24-17-8-6-16(23)7-9-17)21(28)26(22(25)29)18-10-4-15(3)5-11-18/h4-11,14,19H,12-13H2,1-3H3,(H,24,27)/t19-/m1/s1. The van der Waals surface area contributed by atoms with E-state index in [1.54, 1.807) is 12.1 Å². The summed E-state index contributed by atoms with van der Waals surface area (Å²) in [6.07, 6.45) is -0.170. The van der Waals surface area contributed by atoms with Gasteiger partial charge in [0.05, 0.1) is 12.1 Å². The van der Waals surface area contributed by atoms with Gasteiger partial charge in [0.25, 0.3) is 5.91 Å². The van der Waals surface area contributed by atoms with Crippen LogP contribution in [0.25, 0.3) is 0 Å². The number of carbonyl (C=O) groups excluding carboxylic acids is 3. The summed E-state index contributed by atoms with van der Waals surface area (Å²) in [5, 5.41) is 2.65. The molecule has 1 N–H and O–H groups in total. The number of anilines is 2. The van der Waals surface area contributed by atoms with Gasteiger partial charge in [-0.25, -0.2) is 14.1 Å². The monoisotopic (exact) mass is 397 g/mol. The molecule has 152 valence electrons. The molecule has 1 aliphatic rings. The van der Waals surface area contributed by atoms with E-state index < -0.39 is 29.7 Å². The van der Waals surface area contributed by atoms with Crippen molar-refractivity contribution < 1.29 is 18.8 Å². The first-order valence-corrected chi connectivity index (χ1v) is 9.53. The number of urea groups is 1. The van der Waals surface area contributed by atoms with Gasteiger partial charge in [-0.3, -0.25) is 9.59 Å². The van der Waals surface area contributed by atoms with Crippen molar-refractivity contribution in [3.63, 3.8) is 0 Å². The number of nitrogens with one attached hydrogen (secondary N) is 1. The van der Waals surface area contributed by atoms with Crippen LogP contribution in [-0.2, 0) is 9.59 Å². The lowest BCUT2D eigenvalue weighted by Crippen LogP contribution is -2.40. The number of hydrogen-bond acceptors (Lipinski definition) is 3. The fourth-order valence-electron chi connectivity index (χ4n) is 3.29. The molecule has 2 aromatic carbocycles. The van der Waals surface area contributed by atoms with Crippen LogP contribution < -0.4 is 10.2 Å². The fraction of sp³-hybridized carbons (Fsp3) is 0.318. The predicted molar refractivity (Wildman–Crippen MR) is 109 cm³/mol. The number of aryl methyl sites for hydroxylation is 1. The van der Waals surface area contributed by atoms with Crippen molar-refractivity contribution >= 4 is 29.2 Å². The zero-order valence-corrected chi connectivity index (χ0v) is 16.7. The second-order valence-electron chi connectivity index (χ2n) is 7.61. The van der Waals surface area contributed by atoms with Crippen LogP contribution in [0.15, 0.2) is 48.5 Å². The second kappa shape index (κ2) is 8.43. The van der Waals surface area contributed by atoms with Crippen LogP contribution in [0.5, 0.6) is 0 Å². The third kappa shape index (κ3) is 4.62. The highest BCUT2D eigenvalue weighted by molar-refractivity contribution is 6.22. The molecule has 6 nitrogen and oxygen atoms in total. The van der Waals surface area contributed by atoms with E-state index in [1.165, 1.54) is 29.2 Å². The zero-order valence-electron chi connectivity index (χ0n) is 16.7. The number of imide groups is 1. The van der Waals surface area contributed by atoms with Crippen molar-refractivity contribution in [3.8, 4) is 0 Å². The van der Waals surface area contributed by atoms with E-state index in [2.05, 4.69) is 5.32 Å². The van der Waals surface area contributed by atoms with Crippen molar-refractivity contribution in [2.24, 2.45) is 5.92 Å². The number of benzene rings is 2. The number of hydrogen-bond donors (Lipinski definition) is 1.